The van der Waals surface area contributed by atoms with Crippen molar-refractivity contribution in [3.8, 4) is 0 Å². The fraction of sp³-hybridized carbons (Fsp3) is 0.375. The first-order valence-electron chi connectivity index (χ1n) is 6.90. The van der Waals surface area contributed by atoms with Crippen LogP contribution in [0, 0.1) is 6.92 Å². The van der Waals surface area contributed by atoms with Crippen LogP contribution in [0.3, 0.4) is 0 Å². The second kappa shape index (κ2) is 5.35. The molecule has 3 rings (SSSR count). The second-order valence-corrected chi connectivity index (χ2v) is 6.09. The van der Waals surface area contributed by atoms with Crippen LogP contribution in [-0.2, 0) is 6.42 Å². The van der Waals surface area contributed by atoms with E-state index in [-0.39, 0.29) is 0 Å². The van der Waals surface area contributed by atoms with Crippen LogP contribution in [0.15, 0.2) is 35.7 Å². The maximum absolute atomic E-state index is 6.09. The average molecular weight is 272 g/mol. The summed E-state index contributed by atoms with van der Waals surface area (Å²) in [7, 11) is 0. The molecule has 2 aromatic rings. The SMILES string of the molecule is Cc1ccsc1C(CN)N1CCCc2ccccc21. The van der Waals surface area contributed by atoms with E-state index in [0.29, 0.717) is 12.6 Å². The van der Waals surface area contributed by atoms with Crippen molar-refractivity contribution < 1.29 is 0 Å². The molecule has 0 saturated carbocycles. The number of aryl methyl sites for hydroxylation is 2. The molecule has 1 aromatic heterocycles. The van der Waals surface area contributed by atoms with Crippen molar-refractivity contribution in [2.45, 2.75) is 25.8 Å². The molecule has 2 heterocycles. The fourth-order valence-corrected chi connectivity index (χ4v) is 4.04. The van der Waals surface area contributed by atoms with Gasteiger partial charge in [-0.15, -0.1) is 11.3 Å². The van der Waals surface area contributed by atoms with Gasteiger partial charge in [-0.25, -0.2) is 0 Å². The Hall–Kier alpha value is -1.32. The number of nitrogens with zero attached hydrogens (tertiary/aromatic N) is 1. The summed E-state index contributed by atoms with van der Waals surface area (Å²) in [6.07, 6.45) is 2.41. The molecule has 0 spiro atoms. The lowest BCUT2D eigenvalue weighted by molar-refractivity contribution is 0.593. The van der Waals surface area contributed by atoms with Crippen molar-refractivity contribution in [3.05, 3.63) is 51.7 Å². The summed E-state index contributed by atoms with van der Waals surface area (Å²) < 4.78 is 0. The molecule has 1 aliphatic heterocycles. The van der Waals surface area contributed by atoms with Crippen molar-refractivity contribution >= 4 is 17.0 Å². The van der Waals surface area contributed by atoms with Crippen LogP contribution in [0.4, 0.5) is 5.69 Å². The molecule has 1 atom stereocenters. The summed E-state index contributed by atoms with van der Waals surface area (Å²) in [5.41, 5.74) is 10.3. The van der Waals surface area contributed by atoms with Gasteiger partial charge in [-0.3, -0.25) is 0 Å². The molecule has 2 nitrogen and oxygen atoms in total. The first kappa shape index (κ1) is 12.7. The van der Waals surface area contributed by atoms with Crippen molar-refractivity contribution in [1.82, 2.24) is 0 Å². The smallest absolute Gasteiger partial charge is 0.0759 e. The van der Waals surface area contributed by atoms with Gasteiger partial charge >= 0.3 is 0 Å². The van der Waals surface area contributed by atoms with Crippen LogP contribution >= 0.6 is 11.3 Å². The fourth-order valence-electron chi connectivity index (χ4n) is 2.99. The monoisotopic (exact) mass is 272 g/mol. The van der Waals surface area contributed by atoms with E-state index in [1.165, 1.54) is 34.5 Å². The lowest BCUT2D eigenvalue weighted by atomic mass is 9.99. The van der Waals surface area contributed by atoms with Gasteiger partial charge < -0.3 is 10.6 Å². The Bertz CT molecular complexity index is 561. The third kappa shape index (κ3) is 2.28. The highest BCUT2D eigenvalue weighted by Crippen LogP contribution is 2.36. The third-order valence-electron chi connectivity index (χ3n) is 3.95. The number of nitrogens with two attached hydrogens (primary N) is 1. The number of hydrogen-bond donors (Lipinski definition) is 1. The Morgan fingerprint density at radius 1 is 1.32 bits per heavy atom. The third-order valence-corrected chi connectivity index (χ3v) is 5.07. The number of rotatable bonds is 3. The Morgan fingerprint density at radius 3 is 2.89 bits per heavy atom. The van der Waals surface area contributed by atoms with Gasteiger partial charge in [-0.1, -0.05) is 18.2 Å². The summed E-state index contributed by atoms with van der Waals surface area (Å²) >= 11 is 1.83. The van der Waals surface area contributed by atoms with E-state index in [1.807, 2.05) is 11.3 Å². The number of benzene rings is 1. The van der Waals surface area contributed by atoms with E-state index in [1.54, 1.807) is 0 Å². The molecule has 0 bridgehead atoms. The molecule has 0 radical (unpaired) electrons. The van der Waals surface area contributed by atoms with E-state index >= 15 is 0 Å². The van der Waals surface area contributed by atoms with Gasteiger partial charge in [-0.2, -0.15) is 0 Å². The summed E-state index contributed by atoms with van der Waals surface area (Å²) in [4.78, 5) is 3.91. The molecule has 19 heavy (non-hydrogen) atoms. The highest BCUT2D eigenvalue weighted by atomic mass is 32.1. The van der Waals surface area contributed by atoms with Crippen LogP contribution in [0.2, 0.25) is 0 Å². The van der Waals surface area contributed by atoms with Gasteiger partial charge in [-0.05, 0) is 48.4 Å². The van der Waals surface area contributed by atoms with Gasteiger partial charge in [0.05, 0.1) is 6.04 Å². The Labute approximate surface area is 118 Å². The minimum atomic E-state index is 0.321. The Kier molecular flexibility index (Phi) is 3.58. The van der Waals surface area contributed by atoms with Crippen LogP contribution in [-0.4, -0.2) is 13.1 Å². The van der Waals surface area contributed by atoms with Gasteiger partial charge in [0.25, 0.3) is 0 Å². The minimum absolute atomic E-state index is 0.321. The van der Waals surface area contributed by atoms with Gasteiger partial charge in [0, 0.05) is 23.7 Å². The summed E-state index contributed by atoms with van der Waals surface area (Å²) in [5, 5.41) is 2.17. The molecular formula is C16H20N2S. The molecule has 0 saturated heterocycles. The number of fused-ring (bicyclic) bond motifs is 1. The number of anilines is 1. The van der Waals surface area contributed by atoms with E-state index in [0.717, 1.165) is 6.54 Å². The van der Waals surface area contributed by atoms with Crippen molar-refractivity contribution in [2.75, 3.05) is 18.0 Å². The van der Waals surface area contributed by atoms with Gasteiger partial charge in [0.1, 0.15) is 0 Å². The lowest BCUT2D eigenvalue weighted by Gasteiger charge is -2.37. The van der Waals surface area contributed by atoms with Crippen molar-refractivity contribution in [2.24, 2.45) is 5.73 Å². The maximum atomic E-state index is 6.09. The predicted octanol–water partition coefficient (Wildman–Crippen LogP) is 3.51. The summed E-state index contributed by atoms with van der Waals surface area (Å²) in [6, 6.07) is 11.3. The van der Waals surface area contributed by atoms with E-state index in [2.05, 4.69) is 47.5 Å². The zero-order valence-electron chi connectivity index (χ0n) is 11.3. The van der Waals surface area contributed by atoms with Crippen LogP contribution in [0.1, 0.15) is 28.5 Å². The predicted molar refractivity (Wildman–Crippen MR) is 83.0 cm³/mol. The highest BCUT2D eigenvalue weighted by molar-refractivity contribution is 7.10. The molecule has 100 valence electrons. The second-order valence-electron chi connectivity index (χ2n) is 5.15. The molecule has 1 aromatic carbocycles. The van der Waals surface area contributed by atoms with E-state index in [9.17, 15) is 0 Å². The topological polar surface area (TPSA) is 29.3 Å². The van der Waals surface area contributed by atoms with Crippen molar-refractivity contribution in [3.63, 3.8) is 0 Å². The van der Waals surface area contributed by atoms with Gasteiger partial charge in [0.2, 0.25) is 0 Å². The van der Waals surface area contributed by atoms with Crippen LogP contribution in [0.5, 0.6) is 0 Å². The van der Waals surface area contributed by atoms with Gasteiger partial charge in [0.15, 0.2) is 0 Å². The molecular weight excluding hydrogens is 252 g/mol. The molecule has 0 aliphatic carbocycles. The van der Waals surface area contributed by atoms with Crippen LogP contribution in [0.25, 0.3) is 0 Å². The zero-order chi connectivity index (χ0) is 13.2. The molecule has 2 N–H and O–H groups in total. The van der Waals surface area contributed by atoms with Crippen LogP contribution < -0.4 is 10.6 Å². The largest absolute Gasteiger partial charge is 0.362 e. The normalized spacial score (nSPS) is 16.2. The standard InChI is InChI=1S/C16H20N2S/c1-12-8-10-19-16(12)15(11-17)18-9-4-6-13-5-2-3-7-14(13)18/h2-3,5,7-8,10,15H,4,6,9,11,17H2,1H3. The number of thiophene rings is 1. The molecule has 3 heteroatoms. The Morgan fingerprint density at radius 2 is 2.16 bits per heavy atom. The quantitative estimate of drug-likeness (QED) is 0.926. The molecule has 0 fully saturated rings. The highest BCUT2D eigenvalue weighted by Gasteiger charge is 2.25. The van der Waals surface area contributed by atoms with E-state index < -0.39 is 0 Å². The average Bonchev–Trinajstić information content (AvgIpc) is 2.86. The summed E-state index contributed by atoms with van der Waals surface area (Å²) in [5.74, 6) is 0. The van der Waals surface area contributed by atoms with Crippen molar-refractivity contribution in [1.29, 1.82) is 0 Å². The molecule has 1 unspecified atom stereocenters. The number of hydrogen-bond acceptors (Lipinski definition) is 3. The Balaban J connectivity index is 2.00. The summed E-state index contributed by atoms with van der Waals surface area (Å²) in [6.45, 7) is 3.97. The number of para-hydroxylation sites is 1. The lowest BCUT2D eigenvalue weighted by Crippen LogP contribution is -2.37. The van der Waals surface area contributed by atoms with E-state index in [4.69, 9.17) is 5.73 Å². The first-order chi connectivity index (χ1) is 9.31. The first-order valence-corrected chi connectivity index (χ1v) is 7.78. The molecule has 1 aliphatic rings. The minimum Gasteiger partial charge on any atom is -0.362 e. The molecule has 0 amide bonds. The zero-order valence-corrected chi connectivity index (χ0v) is 12.1. The maximum Gasteiger partial charge on any atom is 0.0759 e.